The van der Waals surface area contributed by atoms with E-state index in [9.17, 15) is 14.4 Å². The molecule has 1 aliphatic rings. The van der Waals surface area contributed by atoms with E-state index in [4.69, 9.17) is 28.9 Å². The average Bonchev–Trinajstić information content (AvgIpc) is 3.88. The first-order chi connectivity index (χ1) is 34.2. The summed E-state index contributed by atoms with van der Waals surface area (Å²) in [7, 11) is 6.45. The zero-order chi connectivity index (χ0) is 48.6. The molecule has 0 unspecified atom stereocenters. The number of nitrogens with zero attached hydrogens (tertiary/aromatic N) is 8. The predicted molar refractivity (Wildman–Crippen MR) is 272 cm³/mol. The number of nitrogens with one attached hydrogen (secondary N) is 1. The van der Waals surface area contributed by atoms with Gasteiger partial charge >= 0.3 is 0 Å². The summed E-state index contributed by atoms with van der Waals surface area (Å²) in [6, 6.07) is 33.9. The first-order valence-electron chi connectivity index (χ1n) is 23.3. The van der Waals surface area contributed by atoms with Gasteiger partial charge in [-0.3, -0.25) is 33.5 Å². The van der Waals surface area contributed by atoms with Crippen molar-refractivity contribution in [1.82, 2.24) is 44.0 Å². The zero-order valence-electron chi connectivity index (χ0n) is 39.8. The van der Waals surface area contributed by atoms with E-state index in [1.54, 1.807) is 51.3 Å². The van der Waals surface area contributed by atoms with E-state index in [1.165, 1.54) is 15.9 Å². The summed E-state index contributed by atoms with van der Waals surface area (Å²) in [6.45, 7) is 3.97. The van der Waals surface area contributed by atoms with Gasteiger partial charge in [0.05, 0.1) is 74.6 Å². The van der Waals surface area contributed by atoms with Gasteiger partial charge in [0.15, 0.2) is 23.0 Å². The Morgan fingerprint density at radius 3 is 1.66 bits per heavy atom. The number of H-pyrrole nitrogens is 1. The number of aromatic nitrogens is 8. The van der Waals surface area contributed by atoms with E-state index in [2.05, 4.69) is 20.2 Å². The molecule has 16 heteroatoms. The summed E-state index contributed by atoms with van der Waals surface area (Å²) < 4.78 is 26.5. The fourth-order valence-electron chi connectivity index (χ4n) is 9.05. The number of hydrogen-bond acceptors (Lipinski definition) is 12. The van der Waals surface area contributed by atoms with Crippen molar-refractivity contribution in [2.45, 2.75) is 58.3 Å². The number of aromatic amines is 1. The quantitative estimate of drug-likeness (QED) is 0.107. The summed E-state index contributed by atoms with van der Waals surface area (Å²) in [5.41, 5.74) is 5.70. The molecule has 360 valence electrons. The van der Waals surface area contributed by atoms with Gasteiger partial charge < -0.3 is 18.9 Å². The highest BCUT2D eigenvalue weighted by atomic mass is 16.5. The number of fused-ring (bicyclic) bond motifs is 4. The van der Waals surface area contributed by atoms with Gasteiger partial charge in [0.1, 0.15) is 11.6 Å². The summed E-state index contributed by atoms with van der Waals surface area (Å²) in [5, 5.41) is 14.2. The van der Waals surface area contributed by atoms with Crippen molar-refractivity contribution < 1.29 is 20.4 Å². The monoisotopic (exact) mass is 943 g/mol. The predicted octanol–water partition coefficient (Wildman–Crippen LogP) is 6.84. The van der Waals surface area contributed by atoms with Crippen molar-refractivity contribution in [3.8, 4) is 23.0 Å². The van der Waals surface area contributed by atoms with Crippen molar-refractivity contribution in [3.63, 3.8) is 0 Å². The maximum absolute atomic E-state index is 13.4. The molecule has 9 aromatic rings. The summed E-state index contributed by atoms with van der Waals surface area (Å²) >= 11 is 0. The molecule has 70 heavy (non-hydrogen) atoms. The molecule has 5 aromatic carbocycles. The second-order valence-corrected chi connectivity index (χ2v) is 17.0. The minimum absolute atomic E-state index is 0. The minimum Gasteiger partial charge on any atom is -0.493 e. The number of methoxy groups -OCH3 is 4. The molecule has 0 bridgehead atoms. The third-order valence-electron chi connectivity index (χ3n) is 12.9. The van der Waals surface area contributed by atoms with Crippen LogP contribution in [-0.4, -0.2) is 85.5 Å². The van der Waals surface area contributed by atoms with Crippen LogP contribution in [0.4, 0.5) is 0 Å². The van der Waals surface area contributed by atoms with Gasteiger partial charge in [-0.05, 0) is 78.6 Å². The fraction of sp³-hybridized carbons (Fsp3) is 0.278. The molecular formula is C54H57N9O7. The standard InChI is InChI=1S/C28H26N4O4.C26H29N5O3.H2/c1-35-24-12-11-19(17-25(24)36-2)13-15-31-26(30-23-10-6-5-9-22(23)27(31)33)14-16-32-28(34)21-8-4-3-7-20(21)18-29-32;1-33-23-8-7-18(15-24(23)34-2)9-14-31-25(28-22-6-4-3-5-20(22)26(31)32)11-13-30-12-10-21-19(17-30)16-27-29-21;/h3-12,17-18H,13-16H2,1-2H3;3-8,15-16H,9-14,17H2,1-2H3,(H,27,29);1H. The Hall–Kier alpha value is -8.11. The number of hydrogen-bond donors (Lipinski definition) is 1. The molecule has 16 nitrogen and oxygen atoms in total. The smallest absolute Gasteiger partial charge is 0.274 e. The summed E-state index contributed by atoms with van der Waals surface area (Å²) in [4.78, 5) is 51.9. The molecule has 0 saturated carbocycles. The van der Waals surface area contributed by atoms with Crippen LogP contribution < -0.4 is 35.6 Å². The Labute approximate surface area is 405 Å². The SMILES string of the molecule is COc1ccc(CCn2c(CCN3CCc4[nH]ncc4C3)nc3ccccc3c2=O)cc1OC.COc1ccc(CCn2c(CCn3ncc4ccccc4c3=O)nc3ccccc3c2=O)cc1OC.[HH]. The highest BCUT2D eigenvalue weighted by Gasteiger charge is 2.20. The van der Waals surface area contributed by atoms with E-state index in [0.29, 0.717) is 95.8 Å². The van der Waals surface area contributed by atoms with Crippen LogP contribution in [-0.2, 0) is 58.3 Å². The molecule has 0 radical (unpaired) electrons. The van der Waals surface area contributed by atoms with Gasteiger partial charge in [0, 0.05) is 70.1 Å². The topological polar surface area (TPSA) is 174 Å². The van der Waals surface area contributed by atoms with E-state index in [0.717, 1.165) is 53.9 Å². The van der Waals surface area contributed by atoms with Crippen LogP contribution in [0, 0.1) is 0 Å². The highest BCUT2D eigenvalue weighted by molar-refractivity contribution is 5.80. The number of benzene rings is 5. The molecule has 5 heterocycles. The Balaban J connectivity index is 0.000000188. The second kappa shape index (κ2) is 21.5. The van der Waals surface area contributed by atoms with Crippen LogP contribution >= 0.6 is 0 Å². The van der Waals surface area contributed by atoms with Crippen LogP contribution in [0.3, 0.4) is 0 Å². The maximum Gasteiger partial charge on any atom is 0.274 e. The third-order valence-corrected chi connectivity index (χ3v) is 12.9. The van der Waals surface area contributed by atoms with Gasteiger partial charge in [-0.15, -0.1) is 0 Å². The molecular weight excluding hydrogens is 887 g/mol. The van der Waals surface area contributed by atoms with Crippen molar-refractivity contribution in [3.05, 3.63) is 187 Å². The number of rotatable bonds is 16. The van der Waals surface area contributed by atoms with Crippen LogP contribution in [0.15, 0.2) is 136 Å². The molecule has 0 amide bonds. The Morgan fingerprint density at radius 2 is 1.09 bits per heavy atom. The van der Waals surface area contributed by atoms with E-state index in [-0.39, 0.29) is 18.1 Å². The lowest BCUT2D eigenvalue weighted by molar-refractivity contribution is 0.253. The molecule has 1 aliphatic heterocycles. The molecule has 1 N–H and O–H groups in total. The normalized spacial score (nSPS) is 12.4. The first-order valence-corrected chi connectivity index (χ1v) is 23.3. The molecule has 0 saturated heterocycles. The Morgan fingerprint density at radius 1 is 0.557 bits per heavy atom. The third kappa shape index (κ3) is 10.2. The van der Waals surface area contributed by atoms with Gasteiger partial charge in [-0.2, -0.15) is 10.2 Å². The number of ether oxygens (including phenoxy) is 4. The van der Waals surface area contributed by atoms with Crippen LogP contribution in [0.25, 0.3) is 32.6 Å². The Kier molecular flexibility index (Phi) is 14.4. The molecule has 0 fully saturated rings. The number of aryl methyl sites for hydroxylation is 4. The van der Waals surface area contributed by atoms with Gasteiger partial charge in [-0.25, -0.2) is 14.6 Å². The molecule has 4 aromatic heterocycles. The lowest BCUT2D eigenvalue weighted by Gasteiger charge is -2.26. The highest BCUT2D eigenvalue weighted by Crippen LogP contribution is 2.29. The van der Waals surface area contributed by atoms with E-state index in [1.807, 2.05) is 108 Å². The lowest BCUT2D eigenvalue weighted by Crippen LogP contribution is -2.34. The second-order valence-electron chi connectivity index (χ2n) is 17.0. The minimum atomic E-state index is -0.159. The first kappa shape index (κ1) is 47.0. The van der Waals surface area contributed by atoms with Crippen molar-refractivity contribution in [2.24, 2.45) is 0 Å². The van der Waals surface area contributed by atoms with E-state index < -0.39 is 0 Å². The van der Waals surface area contributed by atoms with Crippen molar-refractivity contribution in [1.29, 1.82) is 0 Å². The molecule has 10 rings (SSSR count). The Bertz CT molecular complexity index is 3500. The molecule has 0 spiro atoms. The molecule has 0 atom stereocenters. The van der Waals surface area contributed by atoms with Gasteiger partial charge in [0.2, 0.25) is 0 Å². The van der Waals surface area contributed by atoms with Crippen LogP contribution in [0.2, 0.25) is 0 Å². The van der Waals surface area contributed by atoms with E-state index >= 15 is 0 Å². The maximum atomic E-state index is 13.4. The zero-order valence-corrected chi connectivity index (χ0v) is 39.8. The molecule has 0 aliphatic carbocycles. The fourth-order valence-corrected chi connectivity index (χ4v) is 9.05. The van der Waals surface area contributed by atoms with Gasteiger partial charge in [-0.1, -0.05) is 54.6 Å². The summed E-state index contributed by atoms with van der Waals surface area (Å²) in [6.07, 6.45) is 6.95. The van der Waals surface area contributed by atoms with Crippen LogP contribution in [0.5, 0.6) is 23.0 Å². The largest absolute Gasteiger partial charge is 0.493 e. The number of para-hydroxylation sites is 2. The van der Waals surface area contributed by atoms with Crippen molar-refractivity contribution in [2.75, 3.05) is 41.5 Å². The van der Waals surface area contributed by atoms with Crippen molar-refractivity contribution >= 4 is 32.6 Å². The van der Waals surface area contributed by atoms with Crippen LogP contribution in [0.1, 0.15) is 35.5 Å². The average molecular weight is 944 g/mol. The van der Waals surface area contributed by atoms with Gasteiger partial charge in [0.25, 0.3) is 16.7 Å². The lowest BCUT2D eigenvalue weighted by atomic mass is 10.1. The summed E-state index contributed by atoms with van der Waals surface area (Å²) in [5.74, 6) is 4.11.